The molecule has 1 saturated carbocycles. The number of Topliss-reactive ketones (excluding diaryl/α,β-unsaturated/α-hetero) is 1. The number of hydrogen-bond donors (Lipinski definition) is 0. The molecule has 6 heteroatoms. The number of ether oxygens (including phenoxy) is 1. The minimum Gasteiger partial charge on any atom is -0.482 e. The van der Waals surface area contributed by atoms with E-state index in [1.54, 1.807) is 12.1 Å². The second-order valence-corrected chi connectivity index (χ2v) is 4.39. The maximum absolute atomic E-state index is 10.8. The first-order chi connectivity index (χ1) is 7.58. The van der Waals surface area contributed by atoms with E-state index in [9.17, 15) is 14.9 Å². The SMILES string of the molecule is O=C1CC(Oc2c(Br)cccc2[N+](=O)[O-])C1. The Hall–Kier alpha value is -1.43. The molecule has 0 atom stereocenters. The Morgan fingerprint density at radius 3 is 2.69 bits per heavy atom. The van der Waals surface area contributed by atoms with Crippen LogP contribution in [0, 0.1) is 10.1 Å². The molecule has 1 aliphatic rings. The molecule has 0 aliphatic heterocycles. The van der Waals surface area contributed by atoms with E-state index in [0.29, 0.717) is 17.3 Å². The average Bonchev–Trinajstić information content (AvgIpc) is 2.18. The number of carbonyl (C=O) groups excluding carboxylic acids is 1. The Kier molecular flexibility index (Phi) is 2.91. The van der Waals surface area contributed by atoms with Crippen LogP contribution in [0.3, 0.4) is 0 Å². The minimum atomic E-state index is -0.499. The first-order valence-corrected chi connectivity index (χ1v) is 5.48. The molecule has 84 valence electrons. The lowest BCUT2D eigenvalue weighted by molar-refractivity contribution is -0.386. The zero-order chi connectivity index (χ0) is 11.7. The van der Waals surface area contributed by atoms with E-state index >= 15 is 0 Å². The van der Waals surface area contributed by atoms with Crippen LogP contribution in [-0.2, 0) is 4.79 Å². The Morgan fingerprint density at radius 2 is 2.12 bits per heavy atom. The van der Waals surface area contributed by atoms with E-state index in [-0.39, 0.29) is 23.3 Å². The summed E-state index contributed by atoms with van der Waals surface area (Å²) in [6.45, 7) is 0. The highest BCUT2D eigenvalue weighted by molar-refractivity contribution is 9.10. The van der Waals surface area contributed by atoms with Crippen molar-refractivity contribution in [3.63, 3.8) is 0 Å². The van der Waals surface area contributed by atoms with Gasteiger partial charge in [-0.15, -0.1) is 0 Å². The fraction of sp³-hybridized carbons (Fsp3) is 0.300. The number of ketones is 1. The number of halogens is 1. The molecule has 0 saturated heterocycles. The molecule has 0 amide bonds. The van der Waals surface area contributed by atoms with E-state index in [0.717, 1.165) is 0 Å². The molecular formula is C10H8BrNO4. The third-order valence-corrected chi connectivity index (χ3v) is 2.96. The number of nitrogens with zero attached hydrogens (tertiary/aromatic N) is 1. The lowest BCUT2D eigenvalue weighted by atomic mass is 9.94. The molecule has 1 aromatic carbocycles. The molecule has 0 radical (unpaired) electrons. The molecule has 1 aromatic rings. The van der Waals surface area contributed by atoms with Crippen LogP contribution in [0.1, 0.15) is 12.8 Å². The standard InChI is InChI=1S/C10H8BrNO4/c11-8-2-1-3-9(12(14)15)10(8)16-7-4-6(13)5-7/h1-3,7H,4-5H2. The van der Waals surface area contributed by atoms with Gasteiger partial charge < -0.3 is 4.74 Å². The third kappa shape index (κ3) is 2.06. The smallest absolute Gasteiger partial charge is 0.312 e. The van der Waals surface area contributed by atoms with Crippen LogP contribution in [-0.4, -0.2) is 16.8 Å². The van der Waals surface area contributed by atoms with Crippen LogP contribution in [0.5, 0.6) is 5.75 Å². The van der Waals surface area contributed by atoms with Crippen LogP contribution in [0.25, 0.3) is 0 Å². The van der Waals surface area contributed by atoms with Crippen molar-refractivity contribution in [3.05, 3.63) is 32.8 Å². The molecule has 2 rings (SSSR count). The molecule has 0 unspecified atom stereocenters. The molecule has 0 spiro atoms. The largest absolute Gasteiger partial charge is 0.482 e. The summed E-state index contributed by atoms with van der Waals surface area (Å²) in [5, 5.41) is 10.8. The highest BCUT2D eigenvalue weighted by Crippen LogP contribution is 2.37. The highest BCUT2D eigenvalue weighted by atomic mass is 79.9. The molecule has 1 aliphatic carbocycles. The molecule has 0 bridgehead atoms. The number of hydrogen-bond acceptors (Lipinski definition) is 4. The quantitative estimate of drug-likeness (QED) is 0.632. The molecule has 0 heterocycles. The number of para-hydroxylation sites is 1. The molecule has 16 heavy (non-hydrogen) atoms. The second kappa shape index (κ2) is 4.21. The fourth-order valence-corrected chi connectivity index (χ4v) is 1.91. The van der Waals surface area contributed by atoms with Crippen LogP contribution >= 0.6 is 15.9 Å². The summed E-state index contributed by atoms with van der Waals surface area (Å²) in [4.78, 5) is 21.0. The molecule has 0 aromatic heterocycles. The summed E-state index contributed by atoms with van der Waals surface area (Å²) in [7, 11) is 0. The number of benzene rings is 1. The van der Waals surface area contributed by atoms with Crippen molar-refractivity contribution >= 4 is 27.4 Å². The third-order valence-electron chi connectivity index (χ3n) is 2.34. The Bertz CT molecular complexity index is 452. The van der Waals surface area contributed by atoms with Crippen molar-refractivity contribution in [2.24, 2.45) is 0 Å². The van der Waals surface area contributed by atoms with Crippen LogP contribution in [0.15, 0.2) is 22.7 Å². The van der Waals surface area contributed by atoms with E-state index in [1.807, 2.05) is 0 Å². The molecular weight excluding hydrogens is 278 g/mol. The van der Waals surface area contributed by atoms with Crippen LogP contribution in [0.2, 0.25) is 0 Å². The van der Waals surface area contributed by atoms with Gasteiger partial charge in [0.05, 0.1) is 9.40 Å². The summed E-state index contributed by atoms with van der Waals surface area (Å²) in [6.07, 6.45) is 0.432. The first-order valence-electron chi connectivity index (χ1n) is 4.69. The van der Waals surface area contributed by atoms with Gasteiger partial charge in [-0.3, -0.25) is 14.9 Å². The molecule has 5 nitrogen and oxygen atoms in total. The number of nitro benzene ring substituents is 1. The van der Waals surface area contributed by atoms with Gasteiger partial charge in [0.15, 0.2) is 0 Å². The minimum absolute atomic E-state index is 0.0891. The van der Waals surface area contributed by atoms with E-state index < -0.39 is 4.92 Å². The van der Waals surface area contributed by atoms with E-state index in [1.165, 1.54) is 6.07 Å². The van der Waals surface area contributed by atoms with Crippen molar-refractivity contribution in [1.29, 1.82) is 0 Å². The van der Waals surface area contributed by atoms with Gasteiger partial charge >= 0.3 is 5.69 Å². The summed E-state index contributed by atoms with van der Waals surface area (Å²) in [5.41, 5.74) is -0.0891. The van der Waals surface area contributed by atoms with Crippen molar-refractivity contribution in [3.8, 4) is 5.75 Å². The zero-order valence-electron chi connectivity index (χ0n) is 8.18. The lowest BCUT2D eigenvalue weighted by Crippen LogP contribution is -2.34. The fourth-order valence-electron chi connectivity index (χ4n) is 1.46. The first kappa shape index (κ1) is 11.1. The van der Waals surface area contributed by atoms with Crippen molar-refractivity contribution in [2.75, 3.05) is 0 Å². The van der Waals surface area contributed by atoms with Crippen LogP contribution in [0.4, 0.5) is 5.69 Å². The average molecular weight is 286 g/mol. The van der Waals surface area contributed by atoms with Gasteiger partial charge in [0.1, 0.15) is 11.9 Å². The zero-order valence-corrected chi connectivity index (χ0v) is 9.77. The Labute approximate surface area is 99.7 Å². The lowest BCUT2D eigenvalue weighted by Gasteiger charge is -2.25. The Balaban J connectivity index is 2.24. The van der Waals surface area contributed by atoms with Gasteiger partial charge in [-0.1, -0.05) is 6.07 Å². The van der Waals surface area contributed by atoms with Crippen LogP contribution < -0.4 is 4.74 Å². The van der Waals surface area contributed by atoms with Gasteiger partial charge in [-0.05, 0) is 22.0 Å². The summed E-state index contributed by atoms with van der Waals surface area (Å²) in [6, 6.07) is 4.62. The summed E-state index contributed by atoms with van der Waals surface area (Å²) >= 11 is 3.20. The predicted molar refractivity (Wildman–Crippen MR) is 59.5 cm³/mol. The predicted octanol–water partition coefficient (Wildman–Crippen LogP) is 2.47. The van der Waals surface area contributed by atoms with Gasteiger partial charge in [0.25, 0.3) is 0 Å². The normalized spacial score (nSPS) is 15.7. The number of rotatable bonds is 3. The summed E-state index contributed by atoms with van der Waals surface area (Å²) < 4.78 is 5.96. The second-order valence-electron chi connectivity index (χ2n) is 3.53. The highest BCUT2D eigenvalue weighted by Gasteiger charge is 2.31. The summed E-state index contributed by atoms with van der Waals surface area (Å²) in [5.74, 6) is 0.324. The topological polar surface area (TPSA) is 69.4 Å². The maximum Gasteiger partial charge on any atom is 0.312 e. The van der Waals surface area contributed by atoms with Gasteiger partial charge in [-0.2, -0.15) is 0 Å². The van der Waals surface area contributed by atoms with Crippen molar-refractivity contribution in [2.45, 2.75) is 18.9 Å². The molecule has 0 N–H and O–H groups in total. The maximum atomic E-state index is 10.8. The van der Waals surface area contributed by atoms with Gasteiger partial charge in [0, 0.05) is 18.9 Å². The van der Waals surface area contributed by atoms with E-state index in [2.05, 4.69) is 15.9 Å². The Morgan fingerprint density at radius 1 is 1.44 bits per heavy atom. The number of carbonyl (C=O) groups is 1. The van der Waals surface area contributed by atoms with Crippen molar-refractivity contribution < 1.29 is 14.5 Å². The van der Waals surface area contributed by atoms with Gasteiger partial charge in [0.2, 0.25) is 5.75 Å². The number of nitro groups is 1. The van der Waals surface area contributed by atoms with Gasteiger partial charge in [-0.25, -0.2) is 0 Å². The van der Waals surface area contributed by atoms with E-state index in [4.69, 9.17) is 4.74 Å². The monoisotopic (exact) mass is 285 g/mol. The van der Waals surface area contributed by atoms with Crippen molar-refractivity contribution in [1.82, 2.24) is 0 Å². The molecule has 1 fully saturated rings.